The average molecular weight is 514 g/mol. The van der Waals surface area contributed by atoms with Crippen LogP contribution in [0.3, 0.4) is 0 Å². The number of aliphatic hydroxyl groups is 1. The number of hydrogen-bond donors (Lipinski definition) is 1. The van der Waals surface area contributed by atoms with E-state index in [4.69, 9.17) is 14.2 Å². The van der Waals surface area contributed by atoms with Crippen molar-refractivity contribution < 1.29 is 28.9 Å². The smallest absolute Gasteiger partial charge is 0.295 e. The molecule has 7 nitrogen and oxygen atoms in total. The summed E-state index contributed by atoms with van der Waals surface area (Å²) in [5.41, 5.74) is 3.19. The van der Waals surface area contributed by atoms with Gasteiger partial charge in [0.2, 0.25) is 0 Å². The van der Waals surface area contributed by atoms with E-state index in [9.17, 15) is 14.7 Å². The molecule has 1 N–H and O–H groups in total. The third kappa shape index (κ3) is 4.72. The Balaban J connectivity index is 1.60. The fraction of sp³-hybridized carbons (Fsp3) is 0.290. The van der Waals surface area contributed by atoms with Gasteiger partial charge in [-0.05, 0) is 67.3 Å². The molecule has 1 fully saturated rings. The quantitative estimate of drug-likeness (QED) is 0.257. The van der Waals surface area contributed by atoms with Crippen LogP contribution < -0.4 is 14.2 Å². The van der Waals surface area contributed by atoms with Gasteiger partial charge in [-0.25, -0.2) is 0 Å². The minimum absolute atomic E-state index is 0.0438. The molecular formula is C31H31NO6. The highest BCUT2D eigenvalue weighted by Crippen LogP contribution is 2.42. The van der Waals surface area contributed by atoms with Crippen molar-refractivity contribution in [2.75, 3.05) is 20.3 Å². The number of fused-ring (bicyclic) bond motifs is 1. The topological polar surface area (TPSA) is 85.3 Å². The van der Waals surface area contributed by atoms with Crippen LogP contribution in [0.15, 0.2) is 72.3 Å². The van der Waals surface area contributed by atoms with Crippen LogP contribution in [0.4, 0.5) is 0 Å². The summed E-state index contributed by atoms with van der Waals surface area (Å²) < 4.78 is 17.0. The highest BCUT2D eigenvalue weighted by Gasteiger charge is 2.46. The van der Waals surface area contributed by atoms with Gasteiger partial charge in [0.15, 0.2) is 11.5 Å². The number of methoxy groups -OCH3 is 1. The molecule has 5 rings (SSSR count). The Labute approximate surface area is 222 Å². The molecule has 0 unspecified atom stereocenters. The lowest BCUT2D eigenvalue weighted by molar-refractivity contribution is -0.139. The zero-order valence-electron chi connectivity index (χ0n) is 21.8. The van der Waals surface area contributed by atoms with Crippen molar-refractivity contribution in [3.8, 4) is 17.2 Å². The number of ketones is 1. The summed E-state index contributed by atoms with van der Waals surface area (Å²) >= 11 is 0. The zero-order valence-corrected chi connectivity index (χ0v) is 21.8. The summed E-state index contributed by atoms with van der Waals surface area (Å²) in [5, 5.41) is 11.5. The molecule has 1 amide bonds. The molecule has 0 saturated carbocycles. The minimum atomic E-state index is -0.785. The second-order valence-corrected chi connectivity index (χ2v) is 9.53. The number of amides is 1. The molecule has 7 heteroatoms. The number of hydrogen-bond acceptors (Lipinski definition) is 6. The molecule has 0 spiro atoms. The molecule has 1 saturated heterocycles. The highest BCUT2D eigenvalue weighted by molar-refractivity contribution is 6.46. The molecule has 2 heterocycles. The van der Waals surface area contributed by atoms with E-state index in [0.29, 0.717) is 48.6 Å². The zero-order chi connectivity index (χ0) is 26.8. The number of ether oxygens (including phenoxy) is 3. The fourth-order valence-electron chi connectivity index (χ4n) is 5.21. The lowest BCUT2D eigenvalue weighted by atomic mass is 9.94. The molecular weight excluding hydrogens is 482 g/mol. The first-order valence-corrected chi connectivity index (χ1v) is 12.8. The van der Waals surface area contributed by atoms with Crippen LogP contribution >= 0.6 is 0 Å². The van der Waals surface area contributed by atoms with E-state index in [1.807, 2.05) is 56.3 Å². The first kappa shape index (κ1) is 25.4. The Morgan fingerprint density at radius 2 is 1.84 bits per heavy atom. The normalized spacial score (nSPS) is 19.8. The average Bonchev–Trinajstić information content (AvgIpc) is 3.43. The number of Topliss-reactive ketones (excluding diaryl/α,β-unsaturated/α-hetero) is 1. The predicted octanol–water partition coefficient (Wildman–Crippen LogP) is 5.08. The number of aliphatic hydroxyl groups excluding tert-OH is 1. The van der Waals surface area contributed by atoms with E-state index >= 15 is 0 Å². The molecule has 3 aromatic rings. The third-order valence-electron chi connectivity index (χ3n) is 7.00. The van der Waals surface area contributed by atoms with Gasteiger partial charge in [-0.2, -0.15) is 0 Å². The monoisotopic (exact) mass is 513 g/mol. The van der Waals surface area contributed by atoms with E-state index < -0.39 is 17.7 Å². The Kier molecular flexibility index (Phi) is 7.09. The van der Waals surface area contributed by atoms with Crippen LogP contribution in [0.25, 0.3) is 5.76 Å². The third-order valence-corrected chi connectivity index (χ3v) is 7.00. The van der Waals surface area contributed by atoms with Crippen molar-refractivity contribution in [1.29, 1.82) is 0 Å². The number of rotatable bonds is 8. The highest BCUT2D eigenvalue weighted by atomic mass is 16.5. The van der Waals surface area contributed by atoms with Crippen molar-refractivity contribution in [3.63, 3.8) is 0 Å². The second-order valence-electron chi connectivity index (χ2n) is 9.53. The fourth-order valence-corrected chi connectivity index (χ4v) is 5.21. The van der Waals surface area contributed by atoms with Gasteiger partial charge >= 0.3 is 0 Å². The minimum Gasteiger partial charge on any atom is -0.507 e. The van der Waals surface area contributed by atoms with Gasteiger partial charge in [0.05, 0.1) is 25.3 Å². The van der Waals surface area contributed by atoms with E-state index in [2.05, 4.69) is 0 Å². The summed E-state index contributed by atoms with van der Waals surface area (Å²) in [4.78, 5) is 28.3. The summed E-state index contributed by atoms with van der Waals surface area (Å²) in [6.45, 7) is 4.64. The maximum Gasteiger partial charge on any atom is 0.295 e. The van der Waals surface area contributed by atoms with Crippen LogP contribution in [0.2, 0.25) is 0 Å². The Morgan fingerprint density at radius 1 is 1.05 bits per heavy atom. The molecule has 2 aliphatic rings. The maximum absolute atomic E-state index is 13.4. The van der Waals surface area contributed by atoms with Crippen LogP contribution in [0.1, 0.15) is 42.1 Å². The Morgan fingerprint density at radius 3 is 2.58 bits per heavy atom. The second kappa shape index (κ2) is 10.6. The molecule has 2 aliphatic heterocycles. The van der Waals surface area contributed by atoms with Crippen LogP contribution in [0, 0.1) is 0 Å². The first-order valence-electron chi connectivity index (χ1n) is 12.8. The van der Waals surface area contributed by atoms with E-state index in [1.165, 1.54) is 4.90 Å². The molecule has 0 bridgehead atoms. The van der Waals surface area contributed by atoms with E-state index in [-0.39, 0.29) is 17.4 Å². The lowest BCUT2D eigenvalue weighted by Crippen LogP contribution is -2.31. The van der Waals surface area contributed by atoms with Crippen molar-refractivity contribution in [2.24, 2.45) is 0 Å². The molecule has 38 heavy (non-hydrogen) atoms. The summed E-state index contributed by atoms with van der Waals surface area (Å²) in [7, 11) is 1.54. The number of benzene rings is 3. The van der Waals surface area contributed by atoms with Gasteiger partial charge in [-0.15, -0.1) is 0 Å². The molecule has 0 aromatic heterocycles. The standard InChI is InChI=1S/C31H31NO6/c1-4-37-25-13-10-21(18-26(25)36-3)28-27(29(33)22-11-12-24-23(17-22)16-19(2)38-24)30(34)31(35)32(28)15-14-20-8-6-5-7-9-20/h5-13,17-19,28,33H,4,14-16H2,1-3H3/t19-,28-/m1/s1. The summed E-state index contributed by atoms with van der Waals surface area (Å²) in [6, 6.07) is 19.7. The van der Waals surface area contributed by atoms with Gasteiger partial charge in [-0.1, -0.05) is 36.4 Å². The van der Waals surface area contributed by atoms with Gasteiger partial charge in [0, 0.05) is 18.5 Å². The molecule has 2 atom stereocenters. The van der Waals surface area contributed by atoms with Crippen LogP contribution in [-0.4, -0.2) is 48.1 Å². The lowest BCUT2D eigenvalue weighted by Gasteiger charge is -2.26. The Hall–Kier alpha value is -4.26. The maximum atomic E-state index is 13.4. The number of carbonyl (C=O) groups is 2. The molecule has 0 radical (unpaired) electrons. The largest absolute Gasteiger partial charge is 0.507 e. The van der Waals surface area contributed by atoms with Gasteiger partial charge in [-0.3, -0.25) is 9.59 Å². The van der Waals surface area contributed by atoms with Crippen molar-refractivity contribution >= 4 is 17.4 Å². The van der Waals surface area contributed by atoms with Crippen LogP contribution in [0.5, 0.6) is 17.2 Å². The predicted molar refractivity (Wildman–Crippen MR) is 144 cm³/mol. The molecule has 0 aliphatic carbocycles. The summed E-state index contributed by atoms with van der Waals surface area (Å²) in [6.07, 6.45) is 1.32. The molecule has 196 valence electrons. The summed E-state index contributed by atoms with van der Waals surface area (Å²) in [5.74, 6) is 0.266. The van der Waals surface area contributed by atoms with Crippen molar-refractivity contribution in [1.82, 2.24) is 4.90 Å². The number of likely N-dealkylation sites (tertiary alicyclic amines) is 1. The Bertz CT molecular complexity index is 1400. The van der Waals surface area contributed by atoms with E-state index in [0.717, 1.165) is 16.9 Å². The van der Waals surface area contributed by atoms with Gasteiger partial charge < -0.3 is 24.2 Å². The van der Waals surface area contributed by atoms with Gasteiger partial charge in [0.25, 0.3) is 11.7 Å². The number of carbonyl (C=O) groups excluding carboxylic acids is 2. The SMILES string of the molecule is CCOc1ccc([C@@H]2C(=C(O)c3ccc4c(c3)C[C@@H](C)O4)C(=O)C(=O)N2CCc2ccccc2)cc1OC. The van der Waals surface area contributed by atoms with Crippen molar-refractivity contribution in [3.05, 3.63) is 94.6 Å². The first-order chi connectivity index (χ1) is 18.4. The van der Waals surface area contributed by atoms with Crippen LogP contribution in [-0.2, 0) is 22.4 Å². The number of nitrogens with zero attached hydrogens (tertiary/aromatic N) is 1. The van der Waals surface area contributed by atoms with Crippen molar-refractivity contribution in [2.45, 2.75) is 38.8 Å². The molecule has 3 aromatic carbocycles. The van der Waals surface area contributed by atoms with E-state index in [1.54, 1.807) is 31.4 Å². The van der Waals surface area contributed by atoms with Gasteiger partial charge in [0.1, 0.15) is 17.6 Å².